The molecule has 0 aromatic carbocycles. The molecule has 21 heavy (non-hydrogen) atoms. The number of ether oxygens (including phenoxy) is 3. The smallest absolute Gasteiger partial charge is 0.266 e. The maximum Gasteiger partial charge on any atom is 0.266 e. The predicted molar refractivity (Wildman–Crippen MR) is 80.3 cm³/mol. The molecule has 0 amide bonds. The van der Waals surface area contributed by atoms with Gasteiger partial charge >= 0.3 is 0 Å². The fourth-order valence-corrected chi connectivity index (χ4v) is 1.56. The van der Waals surface area contributed by atoms with Gasteiger partial charge in [0.05, 0.1) is 39.6 Å². The Morgan fingerprint density at radius 3 is 2.33 bits per heavy atom. The largest absolute Gasteiger partial charge is 0.382 e. The third kappa shape index (κ3) is 8.44. The second-order valence-corrected chi connectivity index (χ2v) is 4.51. The summed E-state index contributed by atoms with van der Waals surface area (Å²) in [7, 11) is 0. The number of unbranched alkanes of at least 4 members (excludes halogenated alkanes) is 1. The molecule has 0 aliphatic rings. The highest BCUT2D eigenvalue weighted by Crippen LogP contribution is 1.90. The van der Waals surface area contributed by atoms with E-state index < -0.39 is 0 Å². The first-order valence-corrected chi connectivity index (χ1v) is 7.31. The molecule has 7 nitrogen and oxygen atoms in total. The standard InChI is InChI=1S/C14H25N3O4/c1-2-3-7-19-9-11-21-12-10-20-8-6-17-14(18)5-4-13(15)16-17/h4-5H,2-3,6-12H2,1H3,(H2,15,16). The van der Waals surface area contributed by atoms with Gasteiger partial charge in [-0.2, -0.15) is 5.10 Å². The van der Waals surface area contributed by atoms with Crippen molar-refractivity contribution in [2.75, 3.05) is 45.4 Å². The molecule has 1 rings (SSSR count). The SMILES string of the molecule is CCCCOCCOCCOCCn1nc(N)ccc1=O. The molecule has 1 aromatic heterocycles. The zero-order valence-electron chi connectivity index (χ0n) is 12.6. The summed E-state index contributed by atoms with van der Waals surface area (Å²) in [6.07, 6.45) is 2.22. The molecule has 1 aromatic rings. The monoisotopic (exact) mass is 299 g/mol. The molecule has 120 valence electrons. The lowest BCUT2D eigenvalue weighted by Gasteiger charge is -2.07. The van der Waals surface area contributed by atoms with E-state index in [1.807, 2.05) is 0 Å². The molecule has 0 aliphatic carbocycles. The Bertz CT molecular complexity index is 436. The molecular formula is C14H25N3O4. The van der Waals surface area contributed by atoms with Crippen LogP contribution in [-0.2, 0) is 20.8 Å². The van der Waals surface area contributed by atoms with Crippen LogP contribution in [0.4, 0.5) is 5.82 Å². The molecule has 0 aliphatic heterocycles. The van der Waals surface area contributed by atoms with E-state index >= 15 is 0 Å². The van der Waals surface area contributed by atoms with E-state index in [-0.39, 0.29) is 5.56 Å². The van der Waals surface area contributed by atoms with Gasteiger partial charge in [0.1, 0.15) is 5.82 Å². The first-order chi connectivity index (χ1) is 10.2. The zero-order valence-corrected chi connectivity index (χ0v) is 12.6. The van der Waals surface area contributed by atoms with Crippen LogP contribution in [0.15, 0.2) is 16.9 Å². The number of aromatic nitrogens is 2. The summed E-state index contributed by atoms with van der Waals surface area (Å²) in [5.41, 5.74) is 5.33. The molecule has 7 heteroatoms. The topological polar surface area (TPSA) is 88.6 Å². The van der Waals surface area contributed by atoms with Gasteiger partial charge in [-0.15, -0.1) is 0 Å². The Balaban J connectivity index is 1.95. The normalized spacial score (nSPS) is 10.9. The van der Waals surface area contributed by atoms with Crippen LogP contribution in [0.5, 0.6) is 0 Å². The number of nitrogen functional groups attached to an aromatic ring is 1. The fourth-order valence-electron chi connectivity index (χ4n) is 1.56. The van der Waals surface area contributed by atoms with Crippen LogP contribution in [0.3, 0.4) is 0 Å². The molecule has 0 bridgehead atoms. The van der Waals surface area contributed by atoms with Crippen LogP contribution in [0.25, 0.3) is 0 Å². The number of hydrogen-bond acceptors (Lipinski definition) is 6. The minimum Gasteiger partial charge on any atom is -0.382 e. The summed E-state index contributed by atoms with van der Waals surface area (Å²) in [6, 6.07) is 2.88. The van der Waals surface area contributed by atoms with Gasteiger partial charge in [-0.05, 0) is 12.5 Å². The van der Waals surface area contributed by atoms with Crippen molar-refractivity contribution < 1.29 is 14.2 Å². The second kappa shape index (κ2) is 11.2. The highest BCUT2D eigenvalue weighted by molar-refractivity contribution is 5.23. The van der Waals surface area contributed by atoms with Crippen LogP contribution in [0.2, 0.25) is 0 Å². The van der Waals surface area contributed by atoms with E-state index in [2.05, 4.69) is 12.0 Å². The molecule has 0 atom stereocenters. The third-order valence-corrected chi connectivity index (χ3v) is 2.72. The Labute approximate surface area is 125 Å². The number of rotatable bonds is 12. The molecular weight excluding hydrogens is 274 g/mol. The number of nitrogens with two attached hydrogens (primary N) is 1. The molecule has 0 unspecified atom stereocenters. The van der Waals surface area contributed by atoms with Gasteiger partial charge in [0.25, 0.3) is 5.56 Å². The van der Waals surface area contributed by atoms with Gasteiger partial charge in [0.15, 0.2) is 0 Å². The predicted octanol–water partition coefficient (Wildman–Crippen LogP) is 0.675. The summed E-state index contributed by atoms with van der Waals surface area (Å²) in [5, 5.41) is 3.91. The molecule has 1 heterocycles. The summed E-state index contributed by atoms with van der Waals surface area (Å²) < 4.78 is 17.4. The van der Waals surface area contributed by atoms with E-state index in [9.17, 15) is 4.79 Å². The van der Waals surface area contributed by atoms with Crippen molar-refractivity contribution in [2.24, 2.45) is 0 Å². The highest BCUT2D eigenvalue weighted by Gasteiger charge is 1.98. The number of nitrogens with zero attached hydrogens (tertiary/aromatic N) is 2. The molecule has 0 spiro atoms. The Morgan fingerprint density at radius 1 is 1.05 bits per heavy atom. The van der Waals surface area contributed by atoms with E-state index in [0.717, 1.165) is 19.4 Å². The van der Waals surface area contributed by atoms with Gasteiger partial charge in [-0.1, -0.05) is 13.3 Å². The Hall–Kier alpha value is -1.44. The molecule has 0 radical (unpaired) electrons. The van der Waals surface area contributed by atoms with Crippen molar-refractivity contribution in [1.82, 2.24) is 9.78 Å². The quantitative estimate of drug-likeness (QED) is 0.571. The number of hydrogen-bond donors (Lipinski definition) is 1. The zero-order chi connectivity index (χ0) is 15.3. The Morgan fingerprint density at radius 2 is 1.67 bits per heavy atom. The minimum absolute atomic E-state index is 0.187. The van der Waals surface area contributed by atoms with Crippen molar-refractivity contribution in [3.63, 3.8) is 0 Å². The van der Waals surface area contributed by atoms with Gasteiger partial charge in [-0.25, -0.2) is 4.68 Å². The van der Waals surface area contributed by atoms with Crippen LogP contribution < -0.4 is 11.3 Å². The van der Waals surface area contributed by atoms with Crippen LogP contribution in [-0.4, -0.2) is 49.4 Å². The molecule has 0 fully saturated rings. The van der Waals surface area contributed by atoms with Crippen molar-refractivity contribution in [2.45, 2.75) is 26.3 Å². The van der Waals surface area contributed by atoms with E-state index in [0.29, 0.717) is 45.4 Å². The molecule has 0 saturated carbocycles. The number of anilines is 1. The average molecular weight is 299 g/mol. The van der Waals surface area contributed by atoms with Crippen molar-refractivity contribution in [3.05, 3.63) is 22.5 Å². The van der Waals surface area contributed by atoms with Gasteiger partial charge in [0.2, 0.25) is 0 Å². The van der Waals surface area contributed by atoms with Crippen molar-refractivity contribution in [3.8, 4) is 0 Å². The molecule has 0 saturated heterocycles. The van der Waals surface area contributed by atoms with Gasteiger partial charge in [0, 0.05) is 12.7 Å². The Kier molecular flexibility index (Phi) is 9.43. The van der Waals surface area contributed by atoms with Crippen molar-refractivity contribution in [1.29, 1.82) is 0 Å². The minimum atomic E-state index is -0.187. The summed E-state index contributed by atoms with van der Waals surface area (Å²) in [5.74, 6) is 0.320. The summed E-state index contributed by atoms with van der Waals surface area (Å²) in [4.78, 5) is 11.4. The van der Waals surface area contributed by atoms with Crippen LogP contribution >= 0.6 is 0 Å². The maximum absolute atomic E-state index is 11.4. The average Bonchev–Trinajstić information content (AvgIpc) is 2.48. The van der Waals surface area contributed by atoms with Crippen LogP contribution in [0, 0.1) is 0 Å². The first-order valence-electron chi connectivity index (χ1n) is 7.31. The highest BCUT2D eigenvalue weighted by atomic mass is 16.5. The van der Waals surface area contributed by atoms with Gasteiger partial charge < -0.3 is 19.9 Å². The lowest BCUT2D eigenvalue weighted by Crippen LogP contribution is -2.25. The summed E-state index contributed by atoms with van der Waals surface area (Å²) in [6.45, 7) is 5.87. The molecule has 2 N–H and O–H groups in total. The van der Waals surface area contributed by atoms with Crippen LogP contribution in [0.1, 0.15) is 19.8 Å². The lowest BCUT2D eigenvalue weighted by molar-refractivity contribution is 0.0122. The van der Waals surface area contributed by atoms with Crippen molar-refractivity contribution >= 4 is 5.82 Å². The first kappa shape index (κ1) is 17.6. The van der Waals surface area contributed by atoms with Gasteiger partial charge in [-0.3, -0.25) is 4.79 Å². The second-order valence-electron chi connectivity index (χ2n) is 4.51. The fraction of sp³-hybridized carbons (Fsp3) is 0.714. The van der Waals surface area contributed by atoms with E-state index in [1.165, 1.54) is 16.8 Å². The third-order valence-electron chi connectivity index (χ3n) is 2.72. The van der Waals surface area contributed by atoms with E-state index in [4.69, 9.17) is 19.9 Å². The van der Waals surface area contributed by atoms with E-state index in [1.54, 1.807) is 0 Å². The lowest BCUT2D eigenvalue weighted by atomic mass is 10.4. The summed E-state index contributed by atoms with van der Waals surface area (Å²) >= 11 is 0. The maximum atomic E-state index is 11.4.